The molecule has 5 nitrogen and oxygen atoms in total. The number of sulfone groups is 1. The van der Waals surface area contributed by atoms with E-state index >= 15 is 0 Å². The molecule has 1 rings (SSSR count). The van der Waals surface area contributed by atoms with Crippen molar-refractivity contribution in [3.05, 3.63) is 22.2 Å². The SMILES string of the molecule is CS(=O)(=O)CCOc1ccc(S(=O)(=O)Cl)c(Cl)c1Cl. The van der Waals surface area contributed by atoms with E-state index in [-0.39, 0.29) is 33.0 Å². The van der Waals surface area contributed by atoms with Crippen LogP contribution >= 0.6 is 33.9 Å². The molecule has 0 heterocycles. The Bertz CT molecular complexity index is 682. The second-order valence-electron chi connectivity index (χ2n) is 3.61. The van der Waals surface area contributed by atoms with Crippen LogP contribution < -0.4 is 4.74 Å². The predicted molar refractivity (Wildman–Crippen MR) is 74.7 cm³/mol. The minimum absolute atomic E-state index is 0.0828. The third-order valence-corrected chi connectivity index (χ3v) is 5.23. The van der Waals surface area contributed by atoms with Gasteiger partial charge in [0.2, 0.25) is 0 Å². The summed E-state index contributed by atoms with van der Waals surface area (Å²) in [5.74, 6) is -0.115. The Balaban J connectivity index is 2.98. The van der Waals surface area contributed by atoms with Crippen LogP contribution in [-0.4, -0.2) is 35.5 Å². The first-order valence-corrected chi connectivity index (χ1v) is 9.88. The molecule has 0 aliphatic carbocycles. The van der Waals surface area contributed by atoms with E-state index < -0.39 is 18.9 Å². The van der Waals surface area contributed by atoms with Gasteiger partial charge in [0.15, 0.2) is 9.84 Å². The molecule has 0 spiro atoms. The van der Waals surface area contributed by atoms with E-state index in [0.29, 0.717) is 0 Å². The lowest BCUT2D eigenvalue weighted by Crippen LogP contribution is -2.12. The minimum atomic E-state index is -4.01. The first-order valence-electron chi connectivity index (χ1n) is 4.75. The fraction of sp³-hybridized carbons (Fsp3) is 0.333. The van der Waals surface area contributed by atoms with Crippen molar-refractivity contribution in [2.45, 2.75) is 4.90 Å². The summed E-state index contributed by atoms with van der Waals surface area (Å²) in [6.45, 7) is -0.123. The average Bonchev–Trinajstić information content (AvgIpc) is 2.20. The maximum atomic E-state index is 11.2. The monoisotopic (exact) mass is 366 g/mol. The van der Waals surface area contributed by atoms with Crippen molar-refractivity contribution in [3.8, 4) is 5.75 Å². The van der Waals surface area contributed by atoms with Crippen LogP contribution in [0.15, 0.2) is 17.0 Å². The largest absolute Gasteiger partial charge is 0.491 e. The molecule has 1 aromatic rings. The standard InChI is InChI=1S/C9H9Cl3O5S2/c1-18(13,14)5-4-17-6-2-3-7(19(12,15)16)9(11)8(6)10/h2-3H,4-5H2,1H3. The van der Waals surface area contributed by atoms with Crippen LogP contribution in [0.2, 0.25) is 10.0 Å². The topological polar surface area (TPSA) is 77.5 Å². The predicted octanol–water partition coefficient (Wildman–Crippen LogP) is 2.34. The molecule has 0 radical (unpaired) electrons. The van der Waals surface area contributed by atoms with Crippen molar-refractivity contribution < 1.29 is 21.6 Å². The zero-order valence-electron chi connectivity index (χ0n) is 9.56. The average molecular weight is 368 g/mol. The van der Waals surface area contributed by atoms with Gasteiger partial charge in [-0.3, -0.25) is 0 Å². The molecule has 0 aromatic heterocycles. The summed E-state index contributed by atoms with van der Waals surface area (Å²) >= 11 is 11.6. The third kappa shape index (κ3) is 5.00. The summed E-state index contributed by atoms with van der Waals surface area (Å²) in [4.78, 5) is -0.337. The first-order chi connectivity index (χ1) is 8.52. The van der Waals surface area contributed by atoms with Gasteiger partial charge in [0.25, 0.3) is 9.05 Å². The Kier molecular flexibility index (Phi) is 5.36. The van der Waals surface area contributed by atoms with Crippen LogP contribution in [0.25, 0.3) is 0 Å². The molecule has 0 unspecified atom stereocenters. The number of hydrogen-bond donors (Lipinski definition) is 0. The number of benzene rings is 1. The fourth-order valence-corrected chi connectivity index (χ4v) is 3.29. The van der Waals surface area contributed by atoms with Crippen LogP contribution in [0, 0.1) is 0 Å². The molecule has 0 N–H and O–H groups in total. The highest BCUT2D eigenvalue weighted by molar-refractivity contribution is 8.13. The normalized spacial score (nSPS) is 12.4. The van der Waals surface area contributed by atoms with E-state index in [1.54, 1.807) is 0 Å². The fourth-order valence-electron chi connectivity index (χ4n) is 1.12. The van der Waals surface area contributed by atoms with Gasteiger partial charge >= 0.3 is 0 Å². The van der Waals surface area contributed by atoms with Gasteiger partial charge in [0, 0.05) is 16.9 Å². The van der Waals surface area contributed by atoms with E-state index in [1.165, 1.54) is 6.07 Å². The third-order valence-electron chi connectivity index (χ3n) is 1.99. The van der Waals surface area contributed by atoms with E-state index in [4.69, 9.17) is 38.6 Å². The Morgan fingerprint density at radius 3 is 2.16 bits per heavy atom. The molecule has 0 saturated heterocycles. The molecule has 0 fully saturated rings. The van der Waals surface area contributed by atoms with Gasteiger partial charge in [-0.15, -0.1) is 0 Å². The second-order valence-corrected chi connectivity index (χ2v) is 9.16. The zero-order valence-corrected chi connectivity index (χ0v) is 13.5. The van der Waals surface area contributed by atoms with Crippen LogP contribution in [-0.2, 0) is 18.9 Å². The highest BCUT2D eigenvalue weighted by atomic mass is 35.7. The minimum Gasteiger partial charge on any atom is -0.491 e. The molecular weight excluding hydrogens is 359 g/mol. The summed E-state index contributed by atoms with van der Waals surface area (Å²) in [6, 6.07) is 2.39. The molecule has 0 aliphatic heterocycles. The quantitative estimate of drug-likeness (QED) is 0.747. The molecule has 1 aromatic carbocycles. The van der Waals surface area contributed by atoms with Gasteiger partial charge in [-0.25, -0.2) is 16.8 Å². The van der Waals surface area contributed by atoms with Gasteiger partial charge < -0.3 is 4.74 Å². The maximum absolute atomic E-state index is 11.2. The van der Waals surface area contributed by atoms with E-state index in [9.17, 15) is 16.8 Å². The van der Waals surface area contributed by atoms with E-state index in [2.05, 4.69) is 0 Å². The van der Waals surface area contributed by atoms with Gasteiger partial charge in [0.05, 0.1) is 10.8 Å². The highest BCUT2D eigenvalue weighted by Crippen LogP contribution is 2.37. The lowest BCUT2D eigenvalue weighted by atomic mass is 10.3. The first kappa shape index (κ1) is 16.8. The van der Waals surface area contributed by atoms with Gasteiger partial charge in [-0.05, 0) is 12.1 Å². The maximum Gasteiger partial charge on any atom is 0.262 e. The molecule has 10 heteroatoms. The number of hydrogen-bond acceptors (Lipinski definition) is 5. The molecule has 0 amide bonds. The van der Waals surface area contributed by atoms with Crippen LogP contribution in [0.5, 0.6) is 5.75 Å². The summed E-state index contributed by atoms with van der Waals surface area (Å²) < 4.78 is 49.3. The summed E-state index contributed by atoms with van der Waals surface area (Å²) in [7, 11) is -2.02. The van der Waals surface area contributed by atoms with Crippen molar-refractivity contribution in [1.29, 1.82) is 0 Å². The van der Waals surface area contributed by atoms with Crippen LogP contribution in [0.1, 0.15) is 0 Å². The Morgan fingerprint density at radius 1 is 1.11 bits per heavy atom. The summed E-state index contributed by atoms with van der Waals surface area (Å²) in [5, 5.41) is -0.412. The van der Waals surface area contributed by atoms with Crippen molar-refractivity contribution in [1.82, 2.24) is 0 Å². The van der Waals surface area contributed by atoms with Crippen molar-refractivity contribution in [2.75, 3.05) is 18.6 Å². The molecule has 108 valence electrons. The van der Waals surface area contributed by atoms with Crippen molar-refractivity contribution in [3.63, 3.8) is 0 Å². The van der Waals surface area contributed by atoms with E-state index in [1.807, 2.05) is 0 Å². The van der Waals surface area contributed by atoms with Crippen LogP contribution in [0.4, 0.5) is 0 Å². The molecular formula is C9H9Cl3O5S2. The Hall–Kier alpha value is -0.210. The lowest BCUT2D eigenvalue weighted by Gasteiger charge is -2.10. The lowest BCUT2D eigenvalue weighted by molar-refractivity contribution is 0.341. The second kappa shape index (κ2) is 6.05. The highest BCUT2D eigenvalue weighted by Gasteiger charge is 2.20. The summed E-state index contributed by atoms with van der Waals surface area (Å²) in [5.41, 5.74) is 0. The molecule has 0 aliphatic rings. The number of rotatable bonds is 5. The molecule has 0 atom stereocenters. The summed E-state index contributed by atoms with van der Waals surface area (Å²) in [6.07, 6.45) is 1.06. The smallest absolute Gasteiger partial charge is 0.262 e. The molecule has 0 saturated carbocycles. The van der Waals surface area contributed by atoms with Gasteiger partial charge in [-0.2, -0.15) is 0 Å². The molecule has 19 heavy (non-hydrogen) atoms. The number of ether oxygens (including phenoxy) is 1. The van der Waals surface area contributed by atoms with E-state index in [0.717, 1.165) is 12.3 Å². The Labute approximate surface area is 125 Å². The number of halogens is 3. The van der Waals surface area contributed by atoms with Crippen LogP contribution in [0.3, 0.4) is 0 Å². The van der Waals surface area contributed by atoms with Crippen molar-refractivity contribution in [2.24, 2.45) is 0 Å². The Morgan fingerprint density at radius 2 is 1.68 bits per heavy atom. The van der Waals surface area contributed by atoms with Gasteiger partial charge in [-0.1, -0.05) is 23.2 Å². The van der Waals surface area contributed by atoms with Crippen molar-refractivity contribution >= 4 is 52.8 Å². The van der Waals surface area contributed by atoms with Gasteiger partial charge in [0.1, 0.15) is 22.3 Å². The molecule has 0 bridgehead atoms. The zero-order chi connectivity index (χ0) is 14.8.